The molecule has 2 heterocycles. The Hall–Kier alpha value is -2.86. The van der Waals surface area contributed by atoms with Gasteiger partial charge >= 0.3 is 5.97 Å². The number of benzene rings is 1. The number of carbonyl (C=O) groups is 1. The number of hydrogen-bond acceptors (Lipinski definition) is 7. The van der Waals surface area contributed by atoms with Crippen LogP contribution in [0.25, 0.3) is 11.0 Å². The van der Waals surface area contributed by atoms with Gasteiger partial charge in [-0.3, -0.25) is 4.79 Å². The van der Waals surface area contributed by atoms with E-state index >= 15 is 0 Å². The summed E-state index contributed by atoms with van der Waals surface area (Å²) >= 11 is 0. The topological polar surface area (TPSA) is 90.3 Å². The first kappa shape index (κ1) is 26.2. The number of methoxy groups -OCH3 is 1. The highest BCUT2D eigenvalue weighted by Crippen LogP contribution is 2.30. The maximum Gasteiger partial charge on any atom is 0.305 e. The summed E-state index contributed by atoms with van der Waals surface area (Å²) in [6.07, 6.45) is 12.7. The fourth-order valence-electron chi connectivity index (χ4n) is 4.58. The van der Waals surface area contributed by atoms with Crippen LogP contribution in [0.15, 0.2) is 36.5 Å². The molecule has 0 bridgehead atoms. The van der Waals surface area contributed by atoms with Crippen molar-refractivity contribution in [1.29, 1.82) is 0 Å². The SMILES string of the molecule is COC(=O)CCCCCCOc1ccc(Nc2nc(NC3CCCCC3)c3ccn(PC)c3n2)cc1. The fourth-order valence-corrected chi connectivity index (χ4v) is 5.19. The summed E-state index contributed by atoms with van der Waals surface area (Å²) < 4.78 is 12.7. The number of esters is 1. The van der Waals surface area contributed by atoms with Crippen LogP contribution >= 0.6 is 8.73 Å². The molecule has 1 aromatic carbocycles. The first-order valence-corrected chi connectivity index (χ1v) is 14.5. The van der Waals surface area contributed by atoms with Gasteiger partial charge in [-0.2, -0.15) is 9.97 Å². The van der Waals surface area contributed by atoms with E-state index in [1.807, 2.05) is 24.3 Å². The summed E-state index contributed by atoms with van der Waals surface area (Å²) in [4.78, 5) is 20.8. The Labute approximate surface area is 215 Å². The number of nitrogens with zero attached hydrogens (tertiary/aromatic N) is 3. The minimum absolute atomic E-state index is 0.137. The molecule has 194 valence electrons. The average molecular weight is 512 g/mol. The van der Waals surface area contributed by atoms with Gasteiger partial charge in [0.25, 0.3) is 0 Å². The molecule has 4 rings (SSSR count). The highest BCUT2D eigenvalue weighted by Gasteiger charge is 2.17. The molecular formula is C27H38N5O3P. The Morgan fingerprint density at radius 3 is 2.58 bits per heavy atom. The predicted octanol–water partition coefficient (Wildman–Crippen LogP) is 6.49. The Bertz CT molecular complexity index is 1110. The number of carbonyl (C=O) groups excluding carboxylic acids is 1. The van der Waals surface area contributed by atoms with Crippen LogP contribution in [0.5, 0.6) is 5.75 Å². The third kappa shape index (κ3) is 7.33. The van der Waals surface area contributed by atoms with Crippen molar-refractivity contribution >= 4 is 43.2 Å². The molecule has 0 saturated heterocycles. The summed E-state index contributed by atoms with van der Waals surface area (Å²) in [5, 5.41) is 8.16. The standard InChI is InChI=1S/C27H38N5O3P/c1-34-24(33)12-8-3-4-9-19-35-22-15-13-21(14-16-22)29-27-30-25(28-20-10-6-5-7-11-20)23-17-18-32(36-2)26(23)31-27/h13-18,20,36H,3-12,19H2,1-2H3,(H2,28,29,30,31). The van der Waals surface area contributed by atoms with Crippen LogP contribution in [0.1, 0.15) is 64.2 Å². The molecule has 0 aliphatic heterocycles. The lowest BCUT2D eigenvalue weighted by atomic mass is 9.95. The first-order chi connectivity index (χ1) is 17.7. The van der Waals surface area contributed by atoms with Crippen molar-refractivity contribution in [1.82, 2.24) is 14.3 Å². The van der Waals surface area contributed by atoms with Crippen molar-refractivity contribution in [2.24, 2.45) is 0 Å². The van der Waals surface area contributed by atoms with Gasteiger partial charge in [0, 0.05) is 24.3 Å². The van der Waals surface area contributed by atoms with Gasteiger partial charge in [0.2, 0.25) is 5.95 Å². The van der Waals surface area contributed by atoms with Crippen LogP contribution in [0.3, 0.4) is 0 Å². The van der Waals surface area contributed by atoms with Crippen molar-refractivity contribution in [3.8, 4) is 5.75 Å². The molecular weight excluding hydrogens is 473 g/mol. The van der Waals surface area contributed by atoms with Crippen LogP contribution in [0, 0.1) is 0 Å². The van der Waals surface area contributed by atoms with Crippen molar-refractivity contribution < 1.29 is 14.3 Å². The number of fused-ring (bicyclic) bond motifs is 1. The van der Waals surface area contributed by atoms with Gasteiger partial charge in [-0.15, -0.1) is 0 Å². The molecule has 1 saturated carbocycles. The minimum atomic E-state index is -0.137. The van der Waals surface area contributed by atoms with Crippen LogP contribution in [0.2, 0.25) is 0 Å². The average Bonchev–Trinajstić information content (AvgIpc) is 3.33. The number of unbranched alkanes of at least 4 members (excludes halogenated alkanes) is 3. The molecule has 8 nitrogen and oxygen atoms in total. The zero-order valence-electron chi connectivity index (χ0n) is 21.4. The smallest absolute Gasteiger partial charge is 0.305 e. The highest BCUT2D eigenvalue weighted by molar-refractivity contribution is 7.35. The molecule has 2 N–H and O–H groups in total. The van der Waals surface area contributed by atoms with Gasteiger partial charge < -0.3 is 24.4 Å². The summed E-state index contributed by atoms with van der Waals surface area (Å²) in [7, 11) is 2.04. The van der Waals surface area contributed by atoms with Gasteiger partial charge in [0.15, 0.2) is 5.65 Å². The summed E-state index contributed by atoms with van der Waals surface area (Å²) in [5.74, 6) is 2.21. The Kier molecular flexibility index (Phi) is 9.79. The molecule has 1 aliphatic rings. The molecule has 1 atom stereocenters. The van der Waals surface area contributed by atoms with Crippen LogP contribution in [-0.2, 0) is 9.53 Å². The van der Waals surface area contributed by atoms with E-state index in [9.17, 15) is 4.79 Å². The summed E-state index contributed by atoms with van der Waals surface area (Å²) in [6, 6.07) is 10.5. The van der Waals surface area contributed by atoms with Crippen molar-refractivity contribution in [2.45, 2.75) is 70.3 Å². The number of hydrogen-bond donors (Lipinski definition) is 2. The molecule has 1 aliphatic carbocycles. The van der Waals surface area contributed by atoms with E-state index in [0.717, 1.165) is 54.0 Å². The molecule has 1 fully saturated rings. The Morgan fingerprint density at radius 1 is 1.06 bits per heavy atom. The van der Waals surface area contributed by atoms with Gasteiger partial charge in [-0.1, -0.05) is 32.1 Å². The monoisotopic (exact) mass is 511 g/mol. The van der Waals surface area contributed by atoms with Crippen LogP contribution < -0.4 is 15.4 Å². The van der Waals surface area contributed by atoms with Crippen molar-refractivity contribution in [3.63, 3.8) is 0 Å². The quantitative estimate of drug-likeness (QED) is 0.154. The van der Waals surface area contributed by atoms with Gasteiger partial charge in [0.1, 0.15) is 11.6 Å². The van der Waals surface area contributed by atoms with E-state index in [0.29, 0.717) is 33.7 Å². The van der Waals surface area contributed by atoms with Crippen LogP contribution in [-0.4, -0.2) is 46.7 Å². The zero-order valence-corrected chi connectivity index (χ0v) is 22.4. The molecule has 1 unspecified atom stereocenters. The zero-order chi connectivity index (χ0) is 25.2. The van der Waals surface area contributed by atoms with E-state index in [4.69, 9.17) is 14.7 Å². The molecule has 0 spiro atoms. The van der Waals surface area contributed by atoms with Gasteiger partial charge in [-0.05, 0) is 71.4 Å². The first-order valence-electron chi connectivity index (χ1n) is 13.1. The van der Waals surface area contributed by atoms with E-state index < -0.39 is 0 Å². The second-order valence-electron chi connectivity index (χ2n) is 9.26. The van der Waals surface area contributed by atoms with Gasteiger partial charge in [0.05, 0.1) is 19.1 Å². The van der Waals surface area contributed by atoms with E-state index in [2.05, 4.69) is 38.6 Å². The lowest BCUT2D eigenvalue weighted by molar-refractivity contribution is -0.140. The number of rotatable bonds is 13. The molecule has 0 amide bonds. The lowest BCUT2D eigenvalue weighted by Gasteiger charge is -2.24. The predicted molar refractivity (Wildman–Crippen MR) is 148 cm³/mol. The minimum Gasteiger partial charge on any atom is -0.494 e. The number of nitrogens with one attached hydrogen (secondary N) is 2. The molecule has 0 radical (unpaired) electrons. The molecule has 36 heavy (non-hydrogen) atoms. The van der Waals surface area contributed by atoms with Crippen LogP contribution in [0.4, 0.5) is 17.5 Å². The maximum atomic E-state index is 11.1. The molecule has 2 aromatic heterocycles. The van der Waals surface area contributed by atoms with Crippen molar-refractivity contribution in [3.05, 3.63) is 36.5 Å². The Morgan fingerprint density at radius 2 is 1.83 bits per heavy atom. The van der Waals surface area contributed by atoms with Gasteiger partial charge in [-0.25, -0.2) is 0 Å². The lowest BCUT2D eigenvalue weighted by Crippen LogP contribution is -2.23. The van der Waals surface area contributed by atoms with E-state index in [-0.39, 0.29) is 5.97 Å². The molecule has 3 aromatic rings. The summed E-state index contributed by atoms with van der Waals surface area (Å²) in [5.41, 5.74) is 1.88. The van der Waals surface area contributed by atoms with E-state index in [1.54, 1.807) is 0 Å². The normalized spacial score (nSPS) is 14.4. The molecule has 9 heteroatoms. The third-order valence-electron chi connectivity index (χ3n) is 6.61. The number of anilines is 3. The van der Waals surface area contributed by atoms with E-state index in [1.165, 1.54) is 39.2 Å². The third-order valence-corrected chi connectivity index (χ3v) is 7.46. The maximum absolute atomic E-state index is 11.1. The number of ether oxygens (including phenoxy) is 2. The summed E-state index contributed by atoms with van der Waals surface area (Å²) in [6.45, 7) is 2.82. The second kappa shape index (κ2) is 13.4. The number of aromatic nitrogens is 3. The van der Waals surface area contributed by atoms with Crippen molar-refractivity contribution in [2.75, 3.05) is 31.0 Å². The Balaban J connectivity index is 1.33. The fraction of sp³-hybridized carbons (Fsp3) is 0.519. The highest BCUT2D eigenvalue weighted by atomic mass is 31.1. The largest absolute Gasteiger partial charge is 0.494 e. The second-order valence-corrected chi connectivity index (χ2v) is 10.2.